The van der Waals surface area contributed by atoms with E-state index in [4.69, 9.17) is 4.74 Å². The number of fused-ring (bicyclic) bond motifs is 2. The summed E-state index contributed by atoms with van der Waals surface area (Å²) in [5.41, 5.74) is 3.93. The Kier molecular flexibility index (Phi) is 6.63. The van der Waals surface area contributed by atoms with E-state index in [9.17, 15) is 14.7 Å². The van der Waals surface area contributed by atoms with Gasteiger partial charge in [0.2, 0.25) is 5.91 Å². The second-order valence-electron chi connectivity index (χ2n) is 11.5. The first-order chi connectivity index (χ1) is 20.4. The Labute approximate surface area is 244 Å². The Morgan fingerprint density at radius 1 is 1.02 bits per heavy atom. The predicted molar refractivity (Wildman–Crippen MR) is 157 cm³/mol. The molecule has 3 aliphatic heterocycles. The van der Waals surface area contributed by atoms with E-state index < -0.39 is 11.7 Å². The summed E-state index contributed by atoms with van der Waals surface area (Å²) in [7, 11) is 0. The highest BCUT2D eigenvalue weighted by molar-refractivity contribution is 6.07. The third kappa shape index (κ3) is 4.40. The first-order valence-corrected chi connectivity index (χ1v) is 14.6. The number of aromatic nitrogens is 3. The lowest BCUT2D eigenvalue weighted by molar-refractivity contribution is -0.146. The highest BCUT2D eigenvalue weighted by atomic mass is 16.5. The molecule has 9 heteroatoms. The lowest BCUT2D eigenvalue weighted by Gasteiger charge is -2.31. The van der Waals surface area contributed by atoms with Crippen LogP contribution in [0.2, 0.25) is 0 Å². The van der Waals surface area contributed by atoms with Crippen molar-refractivity contribution in [1.82, 2.24) is 15.0 Å². The summed E-state index contributed by atoms with van der Waals surface area (Å²) in [5, 5.41) is 19.1. The summed E-state index contributed by atoms with van der Waals surface area (Å²) in [4.78, 5) is 29.6. The molecule has 2 saturated heterocycles. The third-order valence-corrected chi connectivity index (χ3v) is 8.89. The maximum Gasteiger partial charge on any atom is 0.264 e. The van der Waals surface area contributed by atoms with Gasteiger partial charge in [0.15, 0.2) is 5.60 Å². The van der Waals surface area contributed by atoms with Gasteiger partial charge in [-0.15, -0.1) is 5.10 Å². The molecule has 0 aliphatic carbocycles. The van der Waals surface area contributed by atoms with Crippen molar-refractivity contribution in [1.29, 1.82) is 0 Å². The topological polar surface area (TPSA) is 101 Å². The lowest BCUT2D eigenvalue weighted by atomic mass is 9.83. The number of β-lactam (4-membered cyclic amide) rings is 1. The molecule has 2 amide bonds. The van der Waals surface area contributed by atoms with E-state index in [1.165, 1.54) is 0 Å². The summed E-state index contributed by atoms with van der Waals surface area (Å²) >= 11 is 0. The minimum atomic E-state index is -1.03. The number of para-hydroxylation sites is 1. The zero-order chi connectivity index (χ0) is 28.8. The van der Waals surface area contributed by atoms with Gasteiger partial charge in [0, 0.05) is 36.7 Å². The quantitative estimate of drug-likeness (QED) is 0.320. The van der Waals surface area contributed by atoms with Crippen LogP contribution in [0.3, 0.4) is 0 Å². The van der Waals surface area contributed by atoms with Gasteiger partial charge in [-0.05, 0) is 42.2 Å². The van der Waals surface area contributed by atoms with Crippen LogP contribution in [-0.2, 0) is 33.0 Å². The van der Waals surface area contributed by atoms with Gasteiger partial charge >= 0.3 is 0 Å². The van der Waals surface area contributed by atoms with Crippen LogP contribution in [0.4, 0.5) is 11.4 Å². The van der Waals surface area contributed by atoms with Crippen LogP contribution < -0.4 is 9.80 Å². The molecule has 3 aliphatic rings. The molecule has 2 fully saturated rings. The van der Waals surface area contributed by atoms with Gasteiger partial charge in [0.25, 0.3) is 5.91 Å². The molecular weight excluding hydrogens is 530 g/mol. The molecule has 1 spiro atoms. The normalized spacial score (nSPS) is 23.9. The van der Waals surface area contributed by atoms with Crippen molar-refractivity contribution in [2.75, 3.05) is 16.3 Å². The number of nitrogens with zero attached hydrogens (tertiary/aromatic N) is 5. The van der Waals surface area contributed by atoms with Gasteiger partial charge in [0.1, 0.15) is 11.8 Å². The number of amides is 2. The molecule has 4 heterocycles. The van der Waals surface area contributed by atoms with E-state index in [1.54, 1.807) is 15.8 Å². The fourth-order valence-electron chi connectivity index (χ4n) is 6.54. The van der Waals surface area contributed by atoms with E-state index in [0.29, 0.717) is 31.6 Å². The second-order valence-corrected chi connectivity index (χ2v) is 11.5. The van der Waals surface area contributed by atoms with Crippen LogP contribution in [0.25, 0.3) is 0 Å². The molecule has 9 nitrogen and oxygen atoms in total. The SMILES string of the molecule is C[C@H]1C[C@@H](CCn2cc([C@H](O)c3ccccc3)nn2)O[C@]12C(=O)N(Cc1ccc(N3CCC3=O)cc1)c1ccccc12. The largest absolute Gasteiger partial charge is 0.382 e. The summed E-state index contributed by atoms with van der Waals surface area (Å²) < 4.78 is 8.44. The molecule has 3 aromatic carbocycles. The number of aryl methyl sites for hydroxylation is 1. The number of hydrogen-bond acceptors (Lipinski definition) is 6. The number of rotatable bonds is 8. The summed E-state index contributed by atoms with van der Waals surface area (Å²) in [6.45, 7) is 3.84. The van der Waals surface area contributed by atoms with Crippen LogP contribution in [0.15, 0.2) is 85.1 Å². The zero-order valence-electron chi connectivity index (χ0n) is 23.5. The van der Waals surface area contributed by atoms with Crippen molar-refractivity contribution in [3.05, 3.63) is 107 Å². The van der Waals surface area contributed by atoms with Crippen molar-refractivity contribution >= 4 is 23.2 Å². The maximum atomic E-state index is 14.2. The van der Waals surface area contributed by atoms with Crippen molar-refractivity contribution in [3.8, 4) is 0 Å². The molecular formula is C33H33N5O4. The van der Waals surface area contributed by atoms with E-state index in [0.717, 1.165) is 41.0 Å². The van der Waals surface area contributed by atoms with Crippen molar-refractivity contribution < 1.29 is 19.4 Å². The molecule has 4 atom stereocenters. The monoisotopic (exact) mass is 563 g/mol. The van der Waals surface area contributed by atoms with Gasteiger partial charge in [-0.1, -0.05) is 72.8 Å². The Morgan fingerprint density at radius 3 is 2.52 bits per heavy atom. The van der Waals surface area contributed by atoms with Crippen LogP contribution in [0.1, 0.15) is 54.7 Å². The number of carbonyl (C=O) groups excluding carboxylic acids is 2. The van der Waals surface area contributed by atoms with Gasteiger partial charge < -0.3 is 19.6 Å². The molecule has 7 rings (SSSR count). The molecule has 214 valence electrons. The predicted octanol–water partition coefficient (Wildman–Crippen LogP) is 4.35. The van der Waals surface area contributed by atoms with Crippen molar-refractivity contribution in [2.45, 2.75) is 57.1 Å². The lowest BCUT2D eigenvalue weighted by Crippen LogP contribution is -2.44. The summed E-state index contributed by atoms with van der Waals surface area (Å²) in [5.74, 6) is 0.103. The van der Waals surface area contributed by atoms with Gasteiger partial charge in [-0.25, -0.2) is 0 Å². The number of benzene rings is 3. The summed E-state index contributed by atoms with van der Waals surface area (Å²) in [6, 6.07) is 25.2. The van der Waals surface area contributed by atoms with Crippen LogP contribution in [-0.4, -0.2) is 44.6 Å². The maximum absolute atomic E-state index is 14.2. The minimum absolute atomic E-state index is 0.00725. The van der Waals surface area contributed by atoms with Crippen LogP contribution in [0, 0.1) is 5.92 Å². The fraction of sp³-hybridized carbons (Fsp3) is 0.333. The first kappa shape index (κ1) is 26.6. The van der Waals surface area contributed by atoms with Gasteiger partial charge in [0.05, 0.1) is 24.5 Å². The zero-order valence-corrected chi connectivity index (χ0v) is 23.5. The number of ether oxygens (including phenoxy) is 1. The highest BCUT2D eigenvalue weighted by Crippen LogP contribution is 2.53. The molecule has 1 aromatic heterocycles. The molecule has 4 aromatic rings. The average molecular weight is 564 g/mol. The molecule has 0 bridgehead atoms. The third-order valence-electron chi connectivity index (χ3n) is 8.89. The standard InChI is InChI=1S/C33H33N5O4/c1-22-19-26(15-17-36-21-28(34-35-36)31(40)24-7-3-2-4-8-24)42-33(22)27-9-5-6-10-29(27)38(32(33)41)20-23-11-13-25(14-12-23)37-18-16-30(37)39/h2-14,21-22,26,31,40H,15-20H2,1H3/t22-,26+,31+,33+/m0/s1. The van der Waals surface area contributed by atoms with Gasteiger partial charge in [-0.2, -0.15) is 0 Å². The number of anilines is 2. The number of aliphatic hydroxyl groups is 1. The molecule has 0 unspecified atom stereocenters. The Hall–Kier alpha value is -4.34. The molecule has 0 saturated carbocycles. The highest BCUT2D eigenvalue weighted by Gasteiger charge is 2.59. The van der Waals surface area contributed by atoms with Gasteiger partial charge in [-0.3, -0.25) is 14.3 Å². The fourth-order valence-corrected chi connectivity index (χ4v) is 6.54. The minimum Gasteiger partial charge on any atom is -0.382 e. The van der Waals surface area contributed by atoms with E-state index in [2.05, 4.69) is 17.2 Å². The van der Waals surface area contributed by atoms with Crippen LogP contribution >= 0.6 is 0 Å². The average Bonchev–Trinajstić information content (AvgIpc) is 3.69. The van der Waals surface area contributed by atoms with Crippen LogP contribution in [0.5, 0.6) is 0 Å². The van der Waals surface area contributed by atoms with E-state index >= 15 is 0 Å². The summed E-state index contributed by atoms with van der Waals surface area (Å²) in [6.07, 6.45) is 2.82. The Morgan fingerprint density at radius 2 is 1.79 bits per heavy atom. The first-order valence-electron chi connectivity index (χ1n) is 14.6. The van der Waals surface area contributed by atoms with E-state index in [-0.39, 0.29) is 23.8 Å². The molecule has 0 radical (unpaired) electrons. The van der Waals surface area contributed by atoms with Crippen molar-refractivity contribution in [2.24, 2.45) is 5.92 Å². The smallest absolute Gasteiger partial charge is 0.264 e. The number of hydrogen-bond donors (Lipinski definition) is 1. The molecule has 42 heavy (non-hydrogen) atoms. The Balaban J connectivity index is 1.05. The Bertz CT molecular complexity index is 1620. The molecule has 1 N–H and O–H groups in total. The number of carbonyl (C=O) groups is 2. The van der Waals surface area contributed by atoms with E-state index in [1.807, 2.05) is 83.8 Å². The van der Waals surface area contributed by atoms with Crippen molar-refractivity contribution in [3.63, 3.8) is 0 Å². The number of aliphatic hydroxyl groups excluding tert-OH is 1. The second kappa shape index (κ2) is 10.5.